The van der Waals surface area contributed by atoms with Crippen LogP contribution in [0.5, 0.6) is 11.5 Å². The molecule has 33 heavy (non-hydrogen) atoms. The number of fused-ring (bicyclic) bond motifs is 1. The SMILES string of the molecule is CC(C)(C)c1cc(CCC(=O)N/N=C/c2c(O)ccc3ccccc23)cc(C(C)(C)C)c1O. The Kier molecular flexibility index (Phi) is 6.82. The van der Waals surface area contributed by atoms with Crippen molar-refractivity contribution in [1.82, 2.24) is 5.43 Å². The minimum absolute atomic E-state index is 0.111. The minimum Gasteiger partial charge on any atom is -0.507 e. The summed E-state index contributed by atoms with van der Waals surface area (Å²) in [6, 6.07) is 15.1. The highest BCUT2D eigenvalue weighted by molar-refractivity contribution is 6.02. The van der Waals surface area contributed by atoms with Crippen molar-refractivity contribution in [3.05, 3.63) is 70.8 Å². The molecule has 0 unspecified atom stereocenters. The summed E-state index contributed by atoms with van der Waals surface area (Å²) in [5.74, 6) is 0.233. The van der Waals surface area contributed by atoms with Crippen LogP contribution >= 0.6 is 0 Å². The number of phenols is 2. The highest BCUT2D eigenvalue weighted by Gasteiger charge is 2.26. The van der Waals surface area contributed by atoms with E-state index < -0.39 is 0 Å². The van der Waals surface area contributed by atoms with Gasteiger partial charge < -0.3 is 10.2 Å². The van der Waals surface area contributed by atoms with Gasteiger partial charge in [0.2, 0.25) is 5.91 Å². The number of hydrazone groups is 1. The molecule has 3 rings (SSSR count). The Hall–Kier alpha value is -3.34. The molecular weight excluding hydrogens is 412 g/mol. The third-order valence-electron chi connectivity index (χ3n) is 5.76. The molecule has 0 spiro atoms. The smallest absolute Gasteiger partial charge is 0.240 e. The Morgan fingerprint density at radius 3 is 2.15 bits per heavy atom. The van der Waals surface area contributed by atoms with Crippen LogP contribution in [0, 0.1) is 0 Å². The quantitative estimate of drug-likeness (QED) is 0.336. The van der Waals surface area contributed by atoms with E-state index in [2.05, 4.69) is 52.1 Å². The second kappa shape index (κ2) is 9.26. The monoisotopic (exact) mass is 446 g/mol. The van der Waals surface area contributed by atoms with Gasteiger partial charge in [-0.05, 0) is 50.8 Å². The molecule has 0 fully saturated rings. The number of hydrogen-bond donors (Lipinski definition) is 3. The summed E-state index contributed by atoms with van der Waals surface area (Å²) in [7, 11) is 0. The zero-order valence-corrected chi connectivity index (χ0v) is 20.4. The Morgan fingerprint density at radius 1 is 0.939 bits per heavy atom. The zero-order chi connectivity index (χ0) is 24.4. The van der Waals surface area contributed by atoms with Gasteiger partial charge in [0.1, 0.15) is 11.5 Å². The molecule has 1 amide bonds. The summed E-state index contributed by atoms with van der Waals surface area (Å²) in [5, 5.41) is 27.0. The molecule has 174 valence electrons. The number of hydrogen-bond acceptors (Lipinski definition) is 4. The lowest BCUT2D eigenvalue weighted by Crippen LogP contribution is -2.20. The molecule has 3 N–H and O–H groups in total. The molecule has 0 aliphatic carbocycles. The van der Waals surface area contributed by atoms with Gasteiger partial charge in [0.05, 0.1) is 6.21 Å². The third kappa shape index (κ3) is 5.72. The maximum absolute atomic E-state index is 12.4. The van der Waals surface area contributed by atoms with Crippen molar-refractivity contribution in [2.45, 2.75) is 65.2 Å². The number of carbonyl (C=O) groups excluding carboxylic acids is 1. The van der Waals surface area contributed by atoms with Crippen molar-refractivity contribution >= 4 is 22.9 Å². The summed E-state index contributed by atoms with van der Waals surface area (Å²) >= 11 is 0. The van der Waals surface area contributed by atoms with Crippen LogP contribution in [-0.2, 0) is 22.0 Å². The van der Waals surface area contributed by atoms with Crippen molar-refractivity contribution < 1.29 is 15.0 Å². The first-order valence-electron chi connectivity index (χ1n) is 11.3. The molecule has 3 aromatic carbocycles. The molecule has 5 nitrogen and oxygen atoms in total. The fraction of sp³-hybridized carbons (Fsp3) is 0.357. The highest BCUT2D eigenvalue weighted by atomic mass is 16.3. The molecule has 3 aromatic rings. The van der Waals surface area contributed by atoms with E-state index in [4.69, 9.17) is 0 Å². The Bertz CT molecular complexity index is 1160. The molecular formula is C28H34N2O3. The Labute approximate surface area is 196 Å². The topological polar surface area (TPSA) is 81.9 Å². The molecule has 0 saturated heterocycles. The third-order valence-corrected chi connectivity index (χ3v) is 5.76. The Balaban J connectivity index is 1.74. The van der Waals surface area contributed by atoms with Crippen molar-refractivity contribution in [2.24, 2.45) is 5.10 Å². The number of aryl methyl sites for hydroxylation is 1. The van der Waals surface area contributed by atoms with Crippen LogP contribution in [0.3, 0.4) is 0 Å². The highest BCUT2D eigenvalue weighted by Crippen LogP contribution is 2.40. The van der Waals surface area contributed by atoms with Crippen LogP contribution in [0.25, 0.3) is 10.8 Å². The van der Waals surface area contributed by atoms with Crippen molar-refractivity contribution in [2.75, 3.05) is 0 Å². The van der Waals surface area contributed by atoms with Crippen molar-refractivity contribution in [3.63, 3.8) is 0 Å². The average molecular weight is 447 g/mol. The Morgan fingerprint density at radius 2 is 1.55 bits per heavy atom. The zero-order valence-electron chi connectivity index (χ0n) is 20.4. The fourth-order valence-corrected chi connectivity index (χ4v) is 3.88. The van der Waals surface area contributed by atoms with Crippen LogP contribution in [-0.4, -0.2) is 22.3 Å². The number of phenolic OH excluding ortho intramolecular Hbond substituents is 2. The number of amides is 1. The number of nitrogens with one attached hydrogen (secondary N) is 1. The molecule has 0 saturated carbocycles. The summed E-state index contributed by atoms with van der Waals surface area (Å²) < 4.78 is 0. The predicted octanol–water partition coefficient (Wildman–Crippen LogP) is 5.93. The van der Waals surface area contributed by atoms with E-state index in [-0.39, 0.29) is 28.9 Å². The van der Waals surface area contributed by atoms with Gasteiger partial charge in [0.15, 0.2) is 0 Å². The predicted molar refractivity (Wildman–Crippen MR) is 135 cm³/mol. The van der Waals surface area contributed by atoms with Crippen LogP contribution in [0.1, 0.15) is 70.2 Å². The number of benzene rings is 3. The summed E-state index contributed by atoms with van der Waals surface area (Å²) in [4.78, 5) is 12.4. The van der Waals surface area contributed by atoms with Gasteiger partial charge in [0.25, 0.3) is 0 Å². The lowest BCUT2D eigenvalue weighted by Gasteiger charge is -2.28. The summed E-state index contributed by atoms with van der Waals surface area (Å²) in [6.45, 7) is 12.4. The summed E-state index contributed by atoms with van der Waals surface area (Å²) in [6.07, 6.45) is 2.27. The van der Waals surface area contributed by atoms with Gasteiger partial charge in [0, 0.05) is 12.0 Å². The summed E-state index contributed by atoms with van der Waals surface area (Å²) in [5.41, 5.74) is 5.48. The minimum atomic E-state index is -0.215. The van der Waals surface area contributed by atoms with Crippen LogP contribution in [0.2, 0.25) is 0 Å². The molecule has 0 aliphatic heterocycles. The van der Waals surface area contributed by atoms with E-state index in [0.29, 0.717) is 17.7 Å². The first-order chi connectivity index (χ1) is 15.4. The standard InChI is InChI=1S/C28H34N2O3/c1-27(2,3)22-15-18(16-23(26(22)33)28(4,5)6)11-14-25(32)30-29-17-21-20-10-8-7-9-19(20)12-13-24(21)31/h7-10,12-13,15-17,31,33H,11,14H2,1-6H3,(H,30,32)/b29-17+. The first kappa shape index (κ1) is 24.3. The van der Waals surface area contributed by atoms with Crippen LogP contribution in [0.4, 0.5) is 0 Å². The van der Waals surface area contributed by atoms with E-state index in [1.807, 2.05) is 42.5 Å². The van der Waals surface area contributed by atoms with Crippen LogP contribution < -0.4 is 5.43 Å². The van der Waals surface area contributed by atoms with Gasteiger partial charge >= 0.3 is 0 Å². The van der Waals surface area contributed by atoms with Gasteiger partial charge in [-0.2, -0.15) is 5.10 Å². The average Bonchev–Trinajstić information content (AvgIpc) is 2.73. The molecule has 0 bridgehead atoms. The fourth-order valence-electron chi connectivity index (χ4n) is 3.88. The van der Waals surface area contributed by atoms with E-state index in [0.717, 1.165) is 27.5 Å². The van der Waals surface area contributed by atoms with E-state index in [9.17, 15) is 15.0 Å². The van der Waals surface area contributed by atoms with Gasteiger partial charge in [-0.3, -0.25) is 4.79 Å². The molecule has 0 atom stereocenters. The number of carbonyl (C=O) groups is 1. The van der Waals surface area contributed by atoms with E-state index in [1.54, 1.807) is 6.07 Å². The second-order valence-electron chi connectivity index (χ2n) is 10.6. The lowest BCUT2D eigenvalue weighted by molar-refractivity contribution is -0.121. The van der Waals surface area contributed by atoms with Gasteiger partial charge in [-0.25, -0.2) is 5.43 Å². The second-order valence-corrected chi connectivity index (χ2v) is 10.6. The normalized spacial score (nSPS) is 12.4. The van der Waals surface area contributed by atoms with Crippen molar-refractivity contribution in [3.8, 4) is 11.5 Å². The van der Waals surface area contributed by atoms with Crippen molar-refractivity contribution in [1.29, 1.82) is 0 Å². The molecule has 0 aromatic heterocycles. The van der Waals surface area contributed by atoms with Gasteiger partial charge in [-0.1, -0.05) is 84.0 Å². The lowest BCUT2D eigenvalue weighted by atomic mass is 9.78. The molecule has 0 aliphatic rings. The number of rotatable bonds is 5. The van der Waals surface area contributed by atoms with Crippen LogP contribution in [0.15, 0.2) is 53.6 Å². The van der Waals surface area contributed by atoms with E-state index >= 15 is 0 Å². The van der Waals surface area contributed by atoms with Gasteiger partial charge in [-0.15, -0.1) is 0 Å². The molecule has 0 radical (unpaired) electrons. The molecule has 0 heterocycles. The van der Waals surface area contributed by atoms with E-state index in [1.165, 1.54) is 6.21 Å². The first-order valence-corrected chi connectivity index (χ1v) is 11.3. The number of nitrogens with zero attached hydrogens (tertiary/aromatic N) is 1. The maximum atomic E-state index is 12.4. The number of aromatic hydroxyl groups is 2. The molecule has 5 heteroatoms. The maximum Gasteiger partial charge on any atom is 0.240 e. The largest absolute Gasteiger partial charge is 0.507 e.